The topological polar surface area (TPSA) is 105 Å². The molecular weight excluding hydrogens is 406 g/mol. The standard InChI is InChI=1S/C21H23N3O5S/c1-3-12-22-21(26)16-7-4-5-8-17(16)23-30(27,28)15-10-11-19(29-2)18(14-15)24-13-6-9-20(24)25/h3-5,7-8,10-11,14,23H,1,6,9,12-13H2,2H3,(H,22,26). The van der Waals surface area contributed by atoms with Gasteiger partial charge in [-0.25, -0.2) is 8.42 Å². The summed E-state index contributed by atoms with van der Waals surface area (Å²) in [5.41, 5.74) is 0.736. The van der Waals surface area contributed by atoms with Crippen molar-refractivity contribution in [2.75, 3.05) is 29.8 Å². The van der Waals surface area contributed by atoms with E-state index >= 15 is 0 Å². The highest BCUT2D eigenvalue weighted by Gasteiger charge is 2.27. The number of sulfonamides is 1. The van der Waals surface area contributed by atoms with Crippen molar-refractivity contribution in [3.63, 3.8) is 0 Å². The van der Waals surface area contributed by atoms with Gasteiger partial charge in [-0.1, -0.05) is 18.2 Å². The molecule has 0 aromatic heterocycles. The number of ether oxygens (including phenoxy) is 1. The molecule has 0 bridgehead atoms. The Morgan fingerprint density at radius 3 is 2.70 bits per heavy atom. The molecule has 2 aromatic carbocycles. The van der Waals surface area contributed by atoms with Crippen molar-refractivity contribution in [3.05, 3.63) is 60.7 Å². The minimum Gasteiger partial charge on any atom is -0.495 e. The molecule has 30 heavy (non-hydrogen) atoms. The number of nitrogens with one attached hydrogen (secondary N) is 2. The van der Waals surface area contributed by atoms with Crippen LogP contribution >= 0.6 is 0 Å². The Hall–Kier alpha value is -3.33. The summed E-state index contributed by atoms with van der Waals surface area (Å²) in [5, 5.41) is 2.63. The monoisotopic (exact) mass is 429 g/mol. The summed E-state index contributed by atoms with van der Waals surface area (Å²) < 4.78 is 33.8. The molecular formula is C21H23N3O5S. The minimum atomic E-state index is -4.03. The van der Waals surface area contributed by atoms with Crippen LogP contribution in [-0.4, -0.2) is 40.4 Å². The van der Waals surface area contributed by atoms with Crippen molar-refractivity contribution in [1.82, 2.24) is 5.32 Å². The van der Waals surface area contributed by atoms with Crippen molar-refractivity contribution < 1.29 is 22.7 Å². The zero-order chi connectivity index (χ0) is 21.7. The lowest BCUT2D eigenvalue weighted by Gasteiger charge is -2.20. The van der Waals surface area contributed by atoms with E-state index in [0.717, 1.165) is 0 Å². The summed E-state index contributed by atoms with van der Waals surface area (Å²) in [7, 11) is -2.57. The maximum Gasteiger partial charge on any atom is 0.261 e. The Balaban J connectivity index is 1.94. The molecule has 1 saturated heterocycles. The van der Waals surface area contributed by atoms with Gasteiger partial charge in [0.15, 0.2) is 0 Å². The number of benzene rings is 2. The number of hydrogen-bond acceptors (Lipinski definition) is 5. The quantitative estimate of drug-likeness (QED) is 0.628. The zero-order valence-corrected chi connectivity index (χ0v) is 17.4. The molecule has 2 aromatic rings. The van der Waals surface area contributed by atoms with Gasteiger partial charge in [-0.3, -0.25) is 14.3 Å². The molecule has 0 radical (unpaired) electrons. The number of amides is 2. The second-order valence-electron chi connectivity index (χ2n) is 6.63. The minimum absolute atomic E-state index is 0.0423. The number of nitrogens with zero attached hydrogens (tertiary/aromatic N) is 1. The van der Waals surface area contributed by atoms with Gasteiger partial charge in [0.2, 0.25) is 5.91 Å². The lowest BCUT2D eigenvalue weighted by molar-refractivity contribution is -0.117. The Morgan fingerprint density at radius 2 is 2.03 bits per heavy atom. The fraction of sp³-hybridized carbons (Fsp3) is 0.238. The van der Waals surface area contributed by atoms with E-state index in [1.165, 1.54) is 48.4 Å². The third-order valence-electron chi connectivity index (χ3n) is 4.65. The van der Waals surface area contributed by atoms with Crippen LogP contribution in [0.4, 0.5) is 11.4 Å². The average Bonchev–Trinajstić information content (AvgIpc) is 3.17. The number of carbonyl (C=O) groups excluding carboxylic acids is 2. The van der Waals surface area contributed by atoms with E-state index in [1.54, 1.807) is 12.1 Å². The predicted octanol–water partition coefficient (Wildman–Crippen LogP) is 2.54. The third-order valence-corrected chi connectivity index (χ3v) is 6.01. The fourth-order valence-corrected chi connectivity index (χ4v) is 4.28. The number of anilines is 2. The van der Waals surface area contributed by atoms with Gasteiger partial charge in [0.05, 0.1) is 28.9 Å². The van der Waals surface area contributed by atoms with Crippen LogP contribution in [0, 0.1) is 0 Å². The van der Waals surface area contributed by atoms with Crippen LogP contribution in [-0.2, 0) is 14.8 Å². The summed E-state index contributed by atoms with van der Waals surface area (Å²) in [5.74, 6) is -0.0975. The second kappa shape index (κ2) is 9.00. The summed E-state index contributed by atoms with van der Waals surface area (Å²) in [6.45, 7) is 4.30. The van der Waals surface area contributed by atoms with Crippen LogP contribution < -0.4 is 19.7 Å². The molecule has 1 aliphatic heterocycles. The molecule has 1 heterocycles. The van der Waals surface area contributed by atoms with E-state index in [0.29, 0.717) is 30.8 Å². The van der Waals surface area contributed by atoms with Gasteiger partial charge in [0.1, 0.15) is 5.75 Å². The van der Waals surface area contributed by atoms with Gasteiger partial charge in [-0.15, -0.1) is 6.58 Å². The van der Waals surface area contributed by atoms with Crippen molar-refractivity contribution >= 4 is 33.2 Å². The van der Waals surface area contributed by atoms with Crippen LogP contribution in [0.2, 0.25) is 0 Å². The summed E-state index contributed by atoms with van der Waals surface area (Å²) in [6, 6.07) is 10.6. The molecule has 0 atom stereocenters. The number of hydrogen-bond donors (Lipinski definition) is 2. The predicted molar refractivity (Wildman–Crippen MR) is 114 cm³/mol. The SMILES string of the molecule is C=CCNC(=O)c1ccccc1NS(=O)(=O)c1ccc(OC)c(N2CCCC2=O)c1. The van der Waals surface area contributed by atoms with Crippen molar-refractivity contribution in [2.45, 2.75) is 17.7 Å². The van der Waals surface area contributed by atoms with Crippen LogP contribution in [0.5, 0.6) is 5.75 Å². The molecule has 0 unspecified atom stereocenters. The van der Waals surface area contributed by atoms with Crippen molar-refractivity contribution in [2.24, 2.45) is 0 Å². The van der Waals surface area contributed by atoms with E-state index in [2.05, 4.69) is 16.6 Å². The summed E-state index contributed by atoms with van der Waals surface area (Å²) >= 11 is 0. The second-order valence-corrected chi connectivity index (χ2v) is 8.31. The van der Waals surface area contributed by atoms with Crippen LogP contribution in [0.1, 0.15) is 23.2 Å². The Bertz CT molecular complexity index is 1080. The number of rotatable bonds is 8. The smallest absolute Gasteiger partial charge is 0.261 e. The molecule has 2 N–H and O–H groups in total. The lowest BCUT2D eigenvalue weighted by Crippen LogP contribution is -2.26. The molecule has 0 saturated carbocycles. The van der Waals surface area contributed by atoms with Crippen LogP contribution in [0.3, 0.4) is 0 Å². The van der Waals surface area contributed by atoms with Gasteiger partial charge in [-0.05, 0) is 36.8 Å². The van der Waals surface area contributed by atoms with Gasteiger partial charge in [-0.2, -0.15) is 0 Å². The number of methoxy groups -OCH3 is 1. The van der Waals surface area contributed by atoms with Crippen molar-refractivity contribution in [1.29, 1.82) is 0 Å². The van der Waals surface area contributed by atoms with Crippen LogP contribution in [0.15, 0.2) is 60.0 Å². The third kappa shape index (κ3) is 4.46. The maximum atomic E-state index is 13.0. The molecule has 3 rings (SSSR count). The maximum absolute atomic E-state index is 13.0. The normalized spacial score (nSPS) is 13.8. The van der Waals surface area contributed by atoms with Gasteiger partial charge >= 0.3 is 0 Å². The first kappa shape index (κ1) is 21.4. The average molecular weight is 429 g/mol. The van der Waals surface area contributed by atoms with Crippen molar-refractivity contribution in [3.8, 4) is 5.75 Å². The Morgan fingerprint density at radius 1 is 1.27 bits per heavy atom. The number of carbonyl (C=O) groups is 2. The highest BCUT2D eigenvalue weighted by Crippen LogP contribution is 2.34. The highest BCUT2D eigenvalue weighted by atomic mass is 32.2. The zero-order valence-electron chi connectivity index (χ0n) is 16.6. The first-order chi connectivity index (χ1) is 14.4. The first-order valence-electron chi connectivity index (χ1n) is 9.36. The summed E-state index contributed by atoms with van der Waals surface area (Å²) in [4.78, 5) is 26.0. The molecule has 158 valence electrons. The highest BCUT2D eigenvalue weighted by molar-refractivity contribution is 7.92. The molecule has 0 aliphatic carbocycles. The van der Waals surface area contributed by atoms with Gasteiger partial charge < -0.3 is 15.0 Å². The van der Waals surface area contributed by atoms with Gasteiger partial charge in [0.25, 0.3) is 15.9 Å². The molecule has 8 nitrogen and oxygen atoms in total. The van der Waals surface area contributed by atoms with E-state index in [4.69, 9.17) is 4.74 Å². The fourth-order valence-electron chi connectivity index (χ4n) is 3.18. The largest absolute Gasteiger partial charge is 0.495 e. The molecule has 9 heteroatoms. The van der Waals surface area contributed by atoms with Crippen LogP contribution in [0.25, 0.3) is 0 Å². The lowest BCUT2D eigenvalue weighted by atomic mass is 10.1. The van der Waals surface area contributed by atoms with Gasteiger partial charge in [0, 0.05) is 19.5 Å². The Labute approximate surface area is 175 Å². The Kier molecular flexibility index (Phi) is 6.41. The molecule has 1 aliphatic rings. The number of para-hydroxylation sites is 1. The van der Waals surface area contributed by atoms with E-state index in [1.807, 2.05) is 0 Å². The summed E-state index contributed by atoms with van der Waals surface area (Å²) in [6.07, 6.45) is 2.64. The first-order valence-corrected chi connectivity index (χ1v) is 10.8. The van der Waals surface area contributed by atoms with E-state index < -0.39 is 15.9 Å². The molecule has 1 fully saturated rings. The van der Waals surface area contributed by atoms with E-state index in [-0.39, 0.29) is 28.6 Å². The molecule has 2 amide bonds. The van der Waals surface area contributed by atoms with E-state index in [9.17, 15) is 18.0 Å². The molecule has 0 spiro atoms.